The first-order chi connectivity index (χ1) is 14.1. The summed E-state index contributed by atoms with van der Waals surface area (Å²) < 4.78 is 5.79. The number of carbonyl (C=O) groups excluding carboxylic acids is 2. The van der Waals surface area contributed by atoms with Gasteiger partial charge in [-0.1, -0.05) is 25.2 Å². The zero-order chi connectivity index (χ0) is 22.4. The highest BCUT2D eigenvalue weighted by atomic mass is 16.5. The van der Waals surface area contributed by atoms with Gasteiger partial charge in [-0.05, 0) is 43.6 Å². The lowest BCUT2D eigenvalue weighted by atomic mass is 9.66. The summed E-state index contributed by atoms with van der Waals surface area (Å²) in [4.78, 5) is 23.0. The van der Waals surface area contributed by atoms with Gasteiger partial charge in [0.05, 0.1) is 37.6 Å². The maximum Gasteiger partial charge on any atom is 0.313 e. The van der Waals surface area contributed by atoms with Crippen molar-refractivity contribution in [1.29, 1.82) is 0 Å². The van der Waals surface area contributed by atoms with Gasteiger partial charge >= 0.3 is 5.97 Å². The van der Waals surface area contributed by atoms with Gasteiger partial charge in [-0.15, -0.1) is 0 Å². The molecule has 8 atom stereocenters. The molecule has 2 aliphatic carbocycles. The number of carbonyl (C=O) groups is 2. The molecule has 0 aliphatic heterocycles. The Labute approximate surface area is 178 Å². The van der Waals surface area contributed by atoms with E-state index in [-0.39, 0.29) is 36.1 Å². The summed E-state index contributed by atoms with van der Waals surface area (Å²) in [6.07, 6.45) is 3.92. The van der Waals surface area contributed by atoms with Crippen molar-refractivity contribution in [2.45, 2.75) is 76.8 Å². The highest BCUT2D eigenvalue weighted by molar-refractivity contribution is 5.72. The van der Waals surface area contributed by atoms with Gasteiger partial charge in [0, 0.05) is 24.7 Å². The molecule has 168 valence electrons. The smallest absolute Gasteiger partial charge is 0.313 e. The summed E-state index contributed by atoms with van der Waals surface area (Å²) in [6.45, 7) is 7.58. The first-order valence-electron chi connectivity index (χ1n) is 10.8. The van der Waals surface area contributed by atoms with Gasteiger partial charge in [0.1, 0.15) is 6.10 Å². The van der Waals surface area contributed by atoms with Crippen molar-refractivity contribution in [3.05, 3.63) is 30.7 Å². The number of carboxylic acids is 1. The van der Waals surface area contributed by atoms with Crippen LogP contribution in [0.15, 0.2) is 23.8 Å². The predicted molar refractivity (Wildman–Crippen MR) is 108 cm³/mol. The fourth-order valence-corrected chi connectivity index (χ4v) is 4.46. The average Bonchev–Trinajstić information content (AvgIpc) is 2.65. The van der Waals surface area contributed by atoms with Crippen LogP contribution >= 0.6 is 0 Å². The van der Waals surface area contributed by atoms with E-state index in [1.807, 2.05) is 6.08 Å². The standard InChI is InChI=1S/C23H34O7/c1-4-13(2)23(29)30-20-11-17(25)9-15-6-5-14(3)19(22(15)20)8-7-16(24)10-18(26)12-21(27)28/h5-6,9,13-14,16-20,22,24-26H,1,4,7-8,10-12H2,2-3H3/t13-,14-,16+,17+,18+,19-,20-,22-/m0/s1. The maximum absolute atomic E-state index is 12.4. The lowest BCUT2D eigenvalue weighted by molar-refractivity contribution is -0.307. The maximum atomic E-state index is 12.4. The van der Waals surface area contributed by atoms with Gasteiger partial charge in [0.2, 0.25) is 0 Å². The van der Waals surface area contributed by atoms with Crippen LogP contribution in [-0.2, 0) is 14.3 Å². The SMILES string of the molecule is [CH2+]C[C@H](C)C(=O)O[C@H]1C[C@H](O)C=C2C=C[C@H](C)[C@H](CC[C@@H](O)C[C@@H](O)CC(=O)[O-])[C@H]21. The number of hydrogen-bond acceptors (Lipinski definition) is 7. The van der Waals surface area contributed by atoms with Crippen LogP contribution in [0.3, 0.4) is 0 Å². The Kier molecular flexibility index (Phi) is 8.94. The normalized spacial score (nSPS) is 31.2. The number of fused-ring (bicyclic) bond motifs is 1. The van der Waals surface area contributed by atoms with Gasteiger partial charge in [0.15, 0.2) is 0 Å². The Morgan fingerprint density at radius 3 is 2.67 bits per heavy atom. The number of hydrogen-bond donors (Lipinski definition) is 3. The summed E-state index contributed by atoms with van der Waals surface area (Å²) in [5, 5.41) is 40.8. The molecule has 0 saturated carbocycles. The lowest BCUT2D eigenvalue weighted by Gasteiger charge is -2.43. The zero-order valence-corrected chi connectivity index (χ0v) is 17.8. The molecule has 0 unspecified atom stereocenters. The molecule has 30 heavy (non-hydrogen) atoms. The molecule has 3 N–H and O–H groups in total. The first kappa shape index (κ1) is 24.4. The van der Waals surface area contributed by atoms with Crippen LogP contribution in [0.4, 0.5) is 0 Å². The number of esters is 1. The Morgan fingerprint density at radius 2 is 2.03 bits per heavy atom. The molecule has 0 fully saturated rings. The number of aliphatic hydroxyl groups is 3. The molecule has 0 saturated heterocycles. The van der Waals surface area contributed by atoms with Crippen molar-refractivity contribution in [2.24, 2.45) is 23.7 Å². The first-order valence-corrected chi connectivity index (χ1v) is 10.8. The van der Waals surface area contributed by atoms with Crippen LogP contribution < -0.4 is 5.11 Å². The van der Waals surface area contributed by atoms with E-state index in [1.165, 1.54) is 0 Å². The van der Waals surface area contributed by atoms with Crippen LogP contribution in [0.25, 0.3) is 0 Å². The largest absolute Gasteiger partial charge is 0.550 e. The molecule has 0 radical (unpaired) electrons. The minimum absolute atomic E-state index is 0.0313. The third kappa shape index (κ3) is 6.59. The van der Waals surface area contributed by atoms with Crippen LogP contribution in [0, 0.1) is 30.6 Å². The second-order valence-electron chi connectivity index (χ2n) is 8.74. The fourth-order valence-electron chi connectivity index (χ4n) is 4.46. The highest BCUT2D eigenvalue weighted by Gasteiger charge is 2.42. The van der Waals surface area contributed by atoms with Gasteiger partial charge < -0.3 is 30.0 Å². The van der Waals surface area contributed by atoms with Crippen molar-refractivity contribution >= 4 is 11.9 Å². The summed E-state index contributed by atoms with van der Waals surface area (Å²) in [5.74, 6) is -1.83. The number of aliphatic carboxylic acids is 1. The van der Waals surface area contributed by atoms with E-state index in [0.29, 0.717) is 25.7 Å². The minimum atomic E-state index is -1.35. The summed E-state index contributed by atoms with van der Waals surface area (Å²) in [7, 11) is 0. The second kappa shape index (κ2) is 11.0. The molecule has 0 amide bonds. The van der Waals surface area contributed by atoms with Crippen molar-refractivity contribution in [1.82, 2.24) is 0 Å². The topological polar surface area (TPSA) is 127 Å². The van der Waals surface area contributed by atoms with E-state index in [1.54, 1.807) is 13.0 Å². The molecule has 0 aromatic rings. The molecule has 0 bridgehead atoms. The number of allylic oxidation sites excluding steroid dienone is 2. The minimum Gasteiger partial charge on any atom is -0.550 e. The van der Waals surface area contributed by atoms with E-state index >= 15 is 0 Å². The number of carboxylic acid groups (broad SMARTS) is 1. The molecule has 0 spiro atoms. The number of rotatable bonds is 10. The molecular weight excluding hydrogens is 388 g/mol. The number of aliphatic hydroxyl groups excluding tert-OH is 3. The van der Waals surface area contributed by atoms with Gasteiger partial charge in [-0.25, -0.2) is 0 Å². The van der Waals surface area contributed by atoms with Gasteiger partial charge in [0.25, 0.3) is 0 Å². The third-order valence-electron chi connectivity index (χ3n) is 6.26. The molecule has 0 aromatic carbocycles. The molecule has 2 aliphatic rings. The Bertz CT molecular complexity index is 656. The molecule has 0 heterocycles. The monoisotopic (exact) mass is 422 g/mol. The summed E-state index contributed by atoms with van der Waals surface area (Å²) in [5.41, 5.74) is 0.934. The number of ether oxygens (including phenoxy) is 1. The Morgan fingerprint density at radius 1 is 1.33 bits per heavy atom. The van der Waals surface area contributed by atoms with Crippen molar-refractivity contribution in [3.63, 3.8) is 0 Å². The molecule has 7 nitrogen and oxygen atoms in total. The van der Waals surface area contributed by atoms with E-state index in [2.05, 4.69) is 19.9 Å². The summed E-state index contributed by atoms with van der Waals surface area (Å²) >= 11 is 0. The summed E-state index contributed by atoms with van der Waals surface area (Å²) in [6, 6.07) is 0. The third-order valence-corrected chi connectivity index (χ3v) is 6.26. The van der Waals surface area contributed by atoms with Crippen LogP contribution in [0.2, 0.25) is 0 Å². The van der Waals surface area contributed by atoms with Gasteiger partial charge in [-0.3, -0.25) is 4.79 Å². The Hall–Kier alpha value is -1.83. The Balaban J connectivity index is 2.09. The average molecular weight is 423 g/mol. The predicted octanol–water partition coefficient (Wildman–Crippen LogP) is 0.920. The van der Waals surface area contributed by atoms with Crippen LogP contribution in [-0.4, -0.2) is 51.7 Å². The van der Waals surface area contributed by atoms with Crippen LogP contribution in [0.1, 0.15) is 52.4 Å². The van der Waals surface area contributed by atoms with E-state index < -0.39 is 36.8 Å². The molecular formula is C23H34O7. The lowest BCUT2D eigenvalue weighted by Crippen LogP contribution is -2.43. The van der Waals surface area contributed by atoms with Crippen molar-refractivity contribution < 1.29 is 34.8 Å². The molecule has 2 rings (SSSR count). The van der Waals surface area contributed by atoms with Crippen LogP contribution in [0.5, 0.6) is 0 Å². The second-order valence-corrected chi connectivity index (χ2v) is 8.74. The highest BCUT2D eigenvalue weighted by Crippen LogP contribution is 2.44. The molecule has 7 heteroatoms. The van der Waals surface area contributed by atoms with E-state index in [9.17, 15) is 30.0 Å². The zero-order valence-electron chi connectivity index (χ0n) is 17.8. The van der Waals surface area contributed by atoms with E-state index in [0.717, 1.165) is 5.57 Å². The van der Waals surface area contributed by atoms with E-state index in [4.69, 9.17) is 4.74 Å². The van der Waals surface area contributed by atoms with Crippen molar-refractivity contribution in [2.75, 3.05) is 0 Å². The fraction of sp³-hybridized carbons (Fsp3) is 0.696. The quantitative estimate of drug-likeness (QED) is 0.353. The van der Waals surface area contributed by atoms with Gasteiger partial charge in [-0.2, -0.15) is 0 Å². The van der Waals surface area contributed by atoms with Crippen molar-refractivity contribution in [3.8, 4) is 0 Å². The molecule has 0 aromatic heterocycles.